The average molecular weight is 293 g/mol. The Hall–Kier alpha value is -0.870. The van der Waals surface area contributed by atoms with Crippen LogP contribution in [-0.4, -0.2) is 27.0 Å². The third-order valence-corrected chi connectivity index (χ3v) is 4.87. The molecule has 0 unspecified atom stereocenters. The second-order valence-electron chi connectivity index (χ2n) is 7.29. The first kappa shape index (κ1) is 16.5. The van der Waals surface area contributed by atoms with Crippen molar-refractivity contribution in [2.24, 2.45) is 5.41 Å². The fourth-order valence-electron chi connectivity index (χ4n) is 3.10. The molecule has 0 bridgehead atoms. The maximum atomic E-state index is 10.7. The van der Waals surface area contributed by atoms with E-state index in [0.717, 1.165) is 50.9 Å². The summed E-state index contributed by atoms with van der Waals surface area (Å²) in [5.41, 5.74) is 2.23. The molecule has 1 aromatic rings. The Bertz CT molecular complexity index is 455. The van der Waals surface area contributed by atoms with E-state index in [0.29, 0.717) is 12.0 Å². The maximum absolute atomic E-state index is 10.7. The van der Waals surface area contributed by atoms with E-state index in [2.05, 4.69) is 48.9 Å². The van der Waals surface area contributed by atoms with E-state index < -0.39 is 5.60 Å². The normalized spacial score (nSPS) is 20.6. The number of aromatic nitrogens is 2. The van der Waals surface area contributed by atoms with Crippen molar-refractivity contribution < 1.29 is 5.11 Å². The van der Waals surface area contributed by atoms with Gasteiger partial charge in [-0.2, -0.15) is 5.10 Å². The van der Waals surface area contributed by atoms with Gasteiger partial charge in [0, 0.05) is 19.6 Å². The van der Waals surface area contributed by atoms with Crippen LogP contribution in [0, 0.1) is 5.41 Å². The summed E-state index contributed by atoms with van der Waals surface area (Å²) in [7, 11) is 0. The minimum absolute atomic E-state index is 0.392. The van der Waals surface area contributed by atoms with E-state index in [1.54, 1.807) is 0 Å². The summed E-state index contributed by atoms with van der Waals surface area (Å²) in [6.45, 7) is 11.2. The number of nitrogens with one attached hydrogen (secondary N) is 1. The number of aryl methyl sites for hydroxylation is 2. The largest absolute Gasteiger partial charge is 0.389 e. The van der Waals surface area contributed by atoms with Crippen molar-refractivity contribution in [3.8, 4) is 0 Å². The maximum Gasteiger partial charge on any atom is 0.0772 e. The molecule has 120 valence electrons. The predicted molar refractivity (Wildman–Crippen MR) is 86.2 cm³/mol. The van der Waals surface area contributed by atoms with Crippen molar-refractivity contribution in [3.05, 3.63) is 17.5 Å². The highest BCUT2D eigenvalue weighted by Gasteiger charge is 2.36. The summed E-state index contributed by atoms with van der Waals surface area (Å²) in [6.07, 6.45) is 5.00. The Kier molecular flexibility index (Phi) is 5.10. The molecule has 4 nitrogen and oxygen atoms in total. The van der Waals surface area contributed by atoms with Gasteiger partial charge in [0.25, 0.3) is 0 Å². The quantitative estimate of drug-likeness (QED) is 0.848. The van der Waals surface area contributed by atoms with Gasteiger partial charge in [-0.25, -0.2) is 0 Å². The van der Waals surface area contributed by atoms with Gasteiger partial charge in [-0.15, -0.1) is 0 Å². The van der Waals surface area contributed by atoms with E-state index in [9.17, 15) is 5.11 Å². The van der Waals surface area contributed by atoms with Crippen LogP contribution < -0.4 is 5.32 Å². The van der Waals surface area contributed by atoms with Crippen LogP contribution >= 0.6 is 0 Å². The second kappa shape index (κ2) is 6.49. The van der Waals surface area contributed by atoms with Crippen LogP contribution in [0.3, 0.4) is 0 Å². The lowest BCUT2D eigenvalue weighted by atomic mass is 9.71. The fraction of sp³-hybridized carbons (Fsp3) is 0.824. The van der Waals surface area contributed by atoms with Gasteiger partial charge < -0.3 is 10.4 Å². The number of nitrogens with zero attached hydrogens (tertiary/aromatic N) is 2. The number of hydrogen-bond donors (Lipinski definition) is 2. The van der Waals surface area contributed by atoms with Crippen LogP contribution in [0.5, 0.6) is 0 Å². The summed E-state index contributed by atoms with van der Waals surface area (Å²) in [4.78, 5) is 0. The van der Waals surface area contributed by atoms with Gasteiger partial charge in [-0.1, -0.05) is 20.8 Å². The highest BCUT2D eigenvalue weighted by atomic mass is 16.3. The molecule has 0 aromatic carbocycles. The van der Waals surface area contributed by atoms with Crippen LogP contribution in [0.15, 0.2) is 6.07 Å². The van der Waals surface area contributed by atoms with E-state index in [1.165, 1.54) is 5.69 Å². The van der Waals surface area contributed by atoms with Gasteiger partial charge in [-0.3, -0.25) is 4.68 Å². The third-order valence-electron chi connectivity index (χ3n) is 4.87. The van der Waals surface area contributed by atoms with Crippen molar-refractivity contribution in [1.29, 1.82) is 0 Å². The summed E-state index contributed by atoms with van der Waals surface area (Å²) in [5, 5.41) is 18.7. The Morgan fingerprint density at radius 1 is 1.24 bits per heavy atom. The lowest BCUT2D eigenvalue weighted by Gasteiger charge is -2.40. The summed E-state index contributed by atoms with van der Waals surface area (Å²) >= 11 is 0. The smallest absolute Gasteiger partial charge is 0.0772 e. The lowest BCUT2D eigenvalue weighted by molar-refractivity contribution is -0.0246. The lowest BCUT2D eigenvalue weighted by Crippen LogP contribution is -2.45. The van der Waals surface area contributed by atoms with Gasteiger partial charge in [0.1, 0.15) is 0 Å². The molecule has 0 saturated heterocycles. The zero-order valence-corrected chi connectivity index (χ0v) is 14.1. The topological polar surface area (TPSA) is 50.1 Å². The molecule has 1 aliphatic carbocycles. The van der Waals surface area contributed by atoms with Gasteiger partial charge in [-0.05, 0) is 50.5 Å². The molecule has 1 saturated carbocycles. The SMILES string of the molecule is CCc1cc(CNCC2(O)CCC(C)(C)CC2)n(CC)n1. The molecule has 2 rings (SSSR count). The summed E-state index contributed by atoms with van der Waals surface area (Å²) in [6, 6.07) is 2.17. The van der Waals surface area contributed by atoms with Gasteiger partial charge in [0.15, 0.2) is 0 Å². The van der Waals surface area contributed by atoms with Crippen LogP contribution in [0.2, 0.25) is 0 Å². The van der Waals surface area contributed by atoms with E-state index in [-0.39, 0.29) is 0 Å². The minimum Gasteiger partial charge on any atom is -0.389 e. The fourth-order valence-corrected chi connectivity index (χ4v) is 3.10. The zero-order valence-electron chi connectivity index (χ0n) is 14.1. The molecule has 0 amide bonds. The second-order valence-corrected chi connectivity index (χ2v) is 7.29. The Labute approximate surface area is 128 Å². The minimum atomic E-state index is -0.528. The Morgan fingerprint density at radius 2 is 1.90 bits per heavy atom. The van der Waals surface area contributed by atoms with Crippen molar-refractivity contribution in [1.82, 2.24) is 15.1 Å². The summed E-state index contributed by atoms with van der Waals surface area (Å²) in [5.74, 6) is 0. The van der Waals surface area contributed by atoms with Crippen molar-refractivity contribution >= 4 is 0 Å². The van der Waals surface area contributed by atoms with Crippen molar-refractivity contribution in [2.45, 2.75) is 78.5 Å². The molecule has 1 heterocycles. The molecule has 21 heavy (non-hydrogen) atoms. The Morgan fingerprint density at radius 3 is 2.48 bits per heavy atom. The van der Waals surface area contributed by atoms with Gasteiger partial charge in [0.2, 0.25) is 0 Å². The molecule has 0 aliphatic heterocycles. The van der Waals surface area contributed by atoms with Crippen molar-refractivity contribution in [2.75, 3.05) is 6.54 Å². The zero-order chi connectivity index (χ0) is 15.5. The first-order valence-corrected chi connectivity index (χ1v) is 8.36. The predicted octanol–water partition coefficient (Wildman–Crippen LogP) is 2.89. The van der Waals surface area contributed by atoms with Crippen LogP contribution in [0.1, 0.15) is 64.8 Å². The van der Waals surface area contributed by atoms with Gasteiger partial charge in [0.05, 0.1) is 17.0 Å². The molecule has 1 aliphatic rings. The van der Waals surface area contributed by atoms with Crippen molar-refractivity contribution in [3.63, 3.8) is 0 Å². The van der Waals surface area contributed by atoms with Crippen LogP contribution in [0.25, 0.3) is 0 Å². The highest BCUT2D eigenvalue weighted by molar-refractivity contribution is 5.10. The Balaban J connectivity index is 1.85. The molecule has 0 atom stereocenters. The van der Waals surface area contributed by atoms with Crippen LogP contribution in [-0.2, 0) is 19.5 Å². The van der Waals surface area contributed by atoms with Gasteiger partial charge >= 0.3 is 0 Å². The van der Waals surface area contributed by atoms with E-state index >= 15 is 0 Å². The first-order chi connectivity index (χ1) is 9.87. The molecule has 2 N–H and O–H groups in total. The molecule has 0 spiro atoms. The summed E-state index contributed by atoms with van der Waals surface area (Å²) < 4.78 is 2.06. The molecular formula is C17H31N3O. The van der Waals surface area contributed by atoms with E-state index in [1.807, 2.05) is 0 Å². The molecule has 0 radical (unpaired) electrons. The number of rotatable bonds is 6. The highest BCUT2D eigenvalue weighted by Crippen LogP contribution is 2.39. The standard InChI is InChI=1S/C17H31N3O/c1-5-14-11-15(20(6-2)19-14)12-18-13-17(21)9-7-16(3,4)8-10-17/h11,18,21H,5-10,12-13H2,1-4H3. The third kappa shape index (κ3) is 4.30. The molecular weight excluding hydrogens is 262 g/mol. The molecule has 1 aromatic heterocycles. The molecule has 1 fully saturated rings. The van der Waals surface area contributed by atoms with E-state index in [4.69, 9.17) is 0 Å². The van der Waals surface area contributed by atoms with Crippen LogP contribution in [0.4, 0.5) is 0 Å². The average Bonchev–Trinajstić information content (AvgIpc) is 2.85. The number of hydrogen-bond acceptors (Lipinski definition) is 3. The first-order valence-electron chi connectivity index (χ1n) is 8.36. The monoisotopic (exact) mass is 293 g/mol. The molecule has 4 heteroatoms. The number of aliphatic hydroxyl groups is 1.